The van der Waals surface area contributed by atoms with Gasteiger partial charge in [-0.25, -0.2) is 9.69 Å². The molecule has 1 saturated heterocycles. The average molecular weight is 156 g/mol. The molecule has 1 fully saturated rings. The molecule has 1 heterocycles. The molecule has 0 aliphatic carbocycles. The summed E-state index contributed by atoms with van der Waals surface area (Å²) in [5, 5.41) is 0. The number of hydrogen-bond acceptors (Lipinski definition) is 3. The first kappa shape index (κ1) is 8.04. The zero-order valence-electron chi connectivity index (χ0n) is 6.59. The Kier molecular flexibility index (Phi) is 1.62. The first-order chi connectivity index (χ1) is 4.99. The number of amides is 2. The number of hydrogen-bond donors (Lipinski definition) is 0. The average Bonchev–Trinajstić information content (AvgIpc) is 2.04. The highest BCUT2D eigenvalue weighted by molar-refractivity contribution is 6.02. The molecule has 1 rings (SSSR count). The molecule has 1 aliphatic rings. The Labute approximate surface area is 65.1 Å². The van der Waals surface area contributed by atoms with E-state index in [4.69, 9.17) is 4.74 Å². The molecular formula is C7H10NO3. The summed E-state index contributed by atoms with van der Waals surface area (Å²) in [5.41, 5.74) is -1.01. The van der Waals surface area contributed by atoms with E-state index in [9.17, 15) is 9.59 Å². The van der Waals surface area contributed by atoms with Gasteiger partial charge in [-0.05, 0) is 20.8 Å². The van der Waals surface area contributed by atoms with E-state index in [2.05, 4.69) is 6.92 Å². The number of nitrogens with zero attached hydrogens (tertiary/aromatic N) is 1. The van der Waals surface area contributed by atoms with Crippen molar-refractivity contribution in [1.29, 1.82) is 0 Å². The molecule has 1 radical (unpaired) electrons. The lowest BCUT2D eigenvalue weighted by molar-refractivity contribution is -0.134. The van der Waals surface area contributed by atoms with Crippen LogP contribution in [0, 0.1) is 6.92 Å². The van der Waals surface area contributed by atoms with Crippen molar-refractivity contribution in [3.05, 3.63) is 6.92 Å². The van der Waals surface area contributed by atoms with E-state index in [0.717, 1.165) is 4.90 Å². The number of carbonyl (C=O) groups excluding carboxylic acids is 2. The molecule has 0 N–H and O–H groups in total. The van der Waals surface area contributed by atoms with Crippen molar-refractivity contribution in [1.82, 2.24) is 4.90 Å². The van der Waals surface area contributed by atoms with Crippen LogP contribution in [0.1, 0.15) is 13.8 Å². The van der Waals surface area contributed by atoms with Crippen LogP contribution in [0.5, 0.6) is 0 Å². The molecule has 1 aliphatic heterocycles. The lowest BCUT2D eigenvalue weighted by Crippen LogP contribution is -2.35. The summed E-state index contributed by atoms with van der Waals surface area (Å²) in [6.45, 7) is 6.68. The van der Waals surface area contributed by atoms with Crippen molar-refractivity contribution >= 4 is 12.0 Å². The highest BCUT2D eigenvalue weighted by Crippen LogP contribution is 2.22. The molecule has 0 bridgehead atoms. The fourth-order valence-electron chi connectivity index (χ4n) is 0.918. The van der Waals surface area contributed by atoms with Gasteiger partial charge in [-0.3, -0.25) is 4.79 Å². The SMILES string of the molecule is [CH2]CN1C(=O)OC(C)(C)C1=O. The summed E-state index contributed by atoms with van der Waals surface area (Å²) in [5.74, 6) is -0.322. The largest absolute Gasteiger partial charge is 0.433 e. The molecule has 0 saturated carbocycles. The van der Waals surface area contributed by atoms with Crippen LogP contribution in [0.25, 0.3) is 0 Å². The first-order valence-corrected chi connectivity index (χ1v) is 3.33. The van der Waals surface area contributed by atoms with Crippen molar-refractivity contribution in [3.63, 3.8) is 0 Å². The molecule has 0 unspecified atom stereocenters. The van der Waals surface area contributed by atoms with Gasteiger partial charge in [0.1, 0.15) is 0 Å². The van der Waals surface area contributed by atoms with Crippen molar-refractivity contribution in [3.8, 4) is 0 Å². The van der Waals surface area contributed by atoms with Gasteiger partial charge in [0.2, 0.25) is 0 Å². The van der Waals surface area contributed by atoms with Crippen LogP contribution in [0.4, 0.5) is 4.79 Å². The van der Waals surface area contributed by atoms with E-state index in [1.165, 1.54) is 0 Å². The summed E-state index contributed by atoms with van der Waals surface area (Å²) in [6, 6.07) is 0. The van der Waals surface area contributed by atoms with E-state index in [1.807, 2.05) is 0 Å². The van der Waals surface area contributed by atoms with Crippen LogP contribution < -0.4 is 0 Å². The monoisotopic (exact) mass is 156 g/mol. The van der Waals surface area contributed by atoms with Crippen LogP contribution in [0.15, 0.2) is 0 Å². The minimum atomic E-state index is -1.01. The summed E-state index contributed by atoms with van der Waals surface area (Å²) < 4.78 is 4.76. The fourth-order valence-corrected chi connectivity index (χ4v) is 0.918. The molecule has 0 aromatic heterocycles. The summed E-state index contributed by atoms with van der Waals surface area (Å²) >= 11 is 0. The van der Waals surface area contributed by atoms with Crippen molar-refractivity contribution in [2.45, 2.75) is 19.4 Å². The predicted molar refractivity (Wildman–Crippen MR) is 37.6 cm³/mol. The molecule has 4 nitrogen and oxygen atoms in total. The third-order valence-electron chi connectivity index (χ3n) is 1.55. The number of ether oxygens (including phenoxy) is 1. The van der Waals surface area contributed by atoms with Crippen molar-refractivity contribution in [2.75, 3.05) is 6.54 Å². The lowest BCUT2D eigenvalue weighted by Gasteiger charge is -2.11. The Bertz CT molecular complexity index is 210. The molecule has 4 heteroatoms. The quantitative estimate of drug-likeness (QED) is 0.557. The highest BCUT2D eigenvalue weighted by Gasteiger charge is 2.46. The van der Waals surface area contributed by atoms with Gasteiger partial charge in [0.05, 0.1) is 0 Å². The molecule has 0 aromatic rings. The third-order valence-corrected chi connectivity index (χ3v) is 1.55. The molecule has 2 amide bonds. The van der Waals surface area contributed by atoms with Gasteiger partial charge in [0.15, 0.2) is 5.60 Å². The van der Waals surface area contributed by atoms with Gasteiger partial charge in [-0.15, -0.1) is 0 Å². The van der Waals surface area contributed by atoms with E-state index in [-0.39, 0.29) is 12.5 Å². The molecule has 11 heavy (non-hydrogen) atoms. The highest BCUT2D eigenvalue weighted by atomic mass is 16.6. The number of rotatable bonds is 1. The Balaban J connectivity index is 2.88. The van der Waals surface area contributed by atoms with E-state index in [1.54, 1.807) is 13.8 Å². The topological polar surface area (TPSA) is 46.6 Å². The maximum absolute atomic E-state index is 11.2. The number of imide groups is 1. The molecule has 61 valence electrons. The van der Waals surface area contributed by atoms with E-state index in [0.29, 0.717) is 0 Å². The van der Waals surface area contributed by atoms with Crippen molar-refractivity contribution < 1.29 is 14.3 Å². The van der Waals surface area contributed by atoms with Gasteiger partial charge in [0, 0.05) is 6.54 Å². The second kappa shape index (κ2) is 2.22. The molecule has 0 atom stereocenters. The second-order valence-electron chi connectivity index (χ2n) is 2.84. The number of cyclic esters (lactones) is 1. The van der Waals surface area contributed by atoms with Crippen LogP contribution in [0.2, 0.25) is 0 Å². The molecule has 0 aromatic carbocycles. The summed E-state index contributed by atoms with van der Waals surface area (Å²) in [7, 11) is 0. The van der Waals surface area contributed by atoms with Gasteiger partial charge < -0.3 is 4.74 Å². The zero-order valence-corrected chi connectivity index (χ0v) is 6.59. The maximum Gasteiger partial charge on any atom is 0.417 e. The van der Waals surface area contributed by atoms with E-state index >= 15 is 0 Å². The normalized spacial score (nSPS) is 22.3. The molecular weight excluding hydrogens is 146 g/mol. The van der Waals surface area contributed by atoms with Gasteiger partial charge in [-0.2, -0.15) is 0 Å². The van der Waals surface area contributed by atoms with Crippen LogP contribution >= 0.6 is 0 Å². The van der Waals surface area contributed by atoms with Crippen LogP contribution in [-0.2, 0) is 9.53 Å². The maximum atomic E-state index is 11.2. The summed E-state index contributed by atoms with van der Waals surface area (Å²) in [6.07, 6.45) is -0.602. The minimum Gasteiger partial charge on any atom is -0.433 e. The van der Waals surface area contributed by atoms with E-state index < -0.39 is 11.7 Å². The second-order valence-corrected chi connectivity index (χ2v) is 2.84. The zero-order chi connectivity index (χ0) is 8.65. The van der Waals surface area contributed by atoms with Crippen molar-refractivity contribution in [2.24, 2.45) is 0 Å². The van der Waals surface area contributed by atoms with Crippen LogP contribution in [-0.4, -0.2) is 29.0 Å². The fraction of sp³-hybridized carbons (Fsp3) is 0.571. The Morgan fingerprint density at radius 1 is 1.55 bits per heavy atom. The third kappa shape index (κ3) is 1.08. The lowest BCUT2D eigenvalue weighted by atomic mass is 10.1. The minimum absolute atomic E-state index is 0.126. The number of carbonyl (C=O) groups is 2. The van der Waals surface area contributed by atoms with Gasteiger partial charge in [-0.1, -0.05) is 0 Å². The molecule has 0 spiro atoms. The summed E-state index contributed by atoms with van der Waals surface area (Å²) in [4.78, 5) is 23.1. The Morgan fingerprint density at radius 2 is 2.09 bits per heavy atom. The van der Waals surface area contributed by atoms with Crippen LogP contribution in [0.3, 0.4) is 0 Å². The standard InChI is InChI=1S/C7H10NO3/c1-4-8-5(9)7(2,3)11-6(8)10/h1,4H2,2-3H3. The Hall–Kier alpha value is -1.06. The Morgan fingerprint density at radius 3 is 2.27 bits per heavy atom. The van der Waals surface area contributed by atoms with Gasteiger partial charge >= 0.3 is 6.09 Å². The smallest absolute Gasteiger partial charge is 0.417 e. The van der Waals surface area contributed by atoms with Gasteiger partial charge in [0.25, 0.3) is 5.91 Å². The predicted octanol–water partition coefficient (Wildman–Crippen LogP) is 0.578. The first-order valence-electron chi connectivity index (χ1n) is 3.33.